The molecule has 1 unspecified atom stereocenters. The van der Waals surface area contributed by atoms with Crippen molar-refractivity contribution in [1.82, 2.24) is 14.8 Å². The second kappa shape index (κ2) is 11.5. The molecular weight excluding hydrogens is 538 g/mol. The summed E-state index contributed by atoms with van der Waals surface area (Å²) in [5, 5.41) is 11.7. The lowest BCUT2D eigenvalue weighted by atomic mass is 9.95. The van der Waals surface area contributed by atoms with E-state index in [1.165, 1.54) is 11.3 Å². The van der Waals surface area contributed by atoms with E-state index >= 15 is 0 Å². The highest BCUT2D eigenvalue weighted by molar-refractivity contribution is 9.10. The molecule has 0 bridgehead atoms. The van der Waals surface area contributed by atoms with Crippen LogP contribution in [0.5, 0.6) is 0 Å². The van der Waals surface area contributed by atoms with Crippen LogP contribution in [0, 0.1) is 6.92 Å². The third-order valence-electron chi connectivity index (χ3n) is 6.53. The maximum Gasteiger partial charge on any atom is 0.290 e. The van der Waals surface area contributed by atoms with Gasteiger partial charge in [0.25, 0.3) is 5.91 Å². The Bertz CT molecular complexity index is 1270. The second-order valence-electron chi connectivity index (χ2n) is 8.72. The van der Waals surface area contributed by atoms with Gasteiger partial charge >= 0.3 is 0 Å². The van der Waals surface area contributed by atoms with Gasteiger partial charge in [0.2, 0.25) is 5.78 Å². The van der Waals surface area contributed by atoms with Crippen molar-refractivity contribution in [2.45, 2.75) is 33.2 Å². The topological polar surface area (TPSA) is 73.7 Å². The number of hydrogen-bond acceptors (Lipinski definition) is 6. The minimum Gasteiger partial charge on any atom is -0.503 e. The van der Waals surface area contributed by atoms with Gasteiger partial charge in [-0.2, -0.15) is 0 Å². The fourth-order valence-electron chi connectivity index (χ4n) is 4.55. The van der Waals surface area contributed by atoms with Gasteiger partial charge in [-0.05, 0) is 50.7 Å². The van der Waals surface area contributed by atoms with Crippen LogP contribution in [0.2, 0.25) is 0 Å². The fraction of sp³-hybridized carbons (Fsp3) is 0.321. The number of hydrogen-bond donors (Lipinski definition) is 1. The van der Waals surface area contributed by atoms with E-state index in [1.54, 1.807) is 11.8 Å². The van der Waals surface area contributed by atoms with E-state index in [4.69, 9.17) is 0 Å². The van der Waals surface area contributed by atoms with Crippen LogP contribution >= 0.6 is 27.3 Å². The van der Waals surface area contributed by atoms with Crippen molar-refractivity contribution in [2.24, 2.45) is 0 Å². The molecule has 0 radical (unpaired) electrons. The number of ketones is 1. The highest BCUT2D eigenvalue weighted by Crippen LogP contribution is 2.41. The Balaban J connectivity index is 1.69. The lowest BCUT2D eigenvalue weighted by Gasteiger charge is -2.28. The molecule has 0 saturated heterocycles. The number of rotatable bonds is 10. The molecule has 36 heavy (non-hydrogen) atoms. The Hall–Kier alpha value is -2.81. The van der Waals surface area contributed by atoms with Gasteiger partial charge in [-0.25, -0.2) is 4.98 Å². The molecule has 1 amide bonds. The summed E-state index contributed by atoms with van der Waals surface area (Å²) in [6.07, 6.45) is 0.743. The SMILES string of the molecule is CCN(CC)CCCN1C(=O)C(O)=C(C(=O)c2sc(-c3ccccc3)nc2C)C1c1ccc(Br)cc1. The Morgan fingerprint density at radius 3 is 2.42 bits per heavy atom. The maximum absolute atomic E-state index is 13.9. The van der Waals surface area contributed by atoms with Crippen LogP contribution in [0.4, 0.5) is 0 Å². The van der Waals surface area contributed by atoms with Crippen molar-refractivity contribution in [3.05, 3.63) is 86.5 Å². The number of aliphatic hydroxyl groups is 1. The van der Waals surface area contributed by atoms with Crippen molar-refractivity contribution in [3.63, 3.8) is 0 Å². The summed E-state index contributed by atoms with van der Waals surface area (Å²) < 4.78 is 0.899. The molecule has 3 aromatic rings. The standard InChI is InChI=1S/C28H30BrN3O3S/c1-4-31(5-2)16-9-17-32-23(19-12-14-21(29)15-13-19)22(25(34)28(32)35)24(33)26-18(3)30-27(36-26)20-10-7-6-8-11-20/h6-8,10-15,23,34H,4-5,9,16-17H2,1-3H3. The molecule has 4 rings (SSSR count). The minimum atomic E-state index is -0.656. The quantitative estimate of drug-likeness (QED) is 0.295. The molecular formula is C28H30BrN3O3S. The zero-order valence-corrected chi connectivity index (χ0v) is 23.1. The number of aryl methyl sites for hydroxylation is 1. The number of thiazole rings is 1. The van der Waals surface area contributed by atoms with Crippen molar-refractivity contribution in [2.75, 3.05) is 26.2 Å². The van der Waals surface area contributed by atoms with Gasteiger partial charge in [0.15, 0.2) is 5.76 Å². The normalized spacial score (nSPS) is 15.9. The third-order valence-corrected chi connectivity index (χ3v) is 8.26. The van der Waals surface area contributed by atoms with Gasteiger partial charge in [0.1, 0.15) is 5.01 Å². The molecule has 8 heteroatoms. The van der Waals surface area contributed by atoms with E-state index in [2.05, 4.69) is 39.7 Å². The molecule has 0 aliphatic carbocycles. The Kier molecular flexibility index (Phi) is 8.39. The van der Waals surface area contributed by atoms with E-state index in [-0.39, 0.29) is 11.4 Å². The molecule has 0 saturated carbocycles. The lowest BCUT2D eigenvalue weighted by Crippen LogP contribution is -2.34. The summed E-state index contributed by atoms with van der Waals surface area (Å²) >= 11 is 4.75. The Labute approximate surface area is 224 Å². The number of halogens is 1. The smallest absolute Gasteiger partial charge is 0.290 e. The molecule has 1 N–H and O–H groups in total. The first kappa shape index (κ1) is 26.3. The summed E-state index contributed by atoms with van der Waals surface area (Å²) in [4.78, 5) is 36.1. The van der Waals surface area contributed by atoms with Crippen LogP contribution in [-0.2, 0) is 4.79 Å². The van der Waals surface area contributed by atoms with Gasteiger partial charge in [0, 0.05) is 16.6 Å². The number of aliphatic hydroxyl groups excluding tert-OH is 1. The molecule has 0 fully saturated rings. The first-order valence-corrected chi connectivity index (χ1v) is 13.8. The van der Waals surface area contributed by atoms with Crippen LogP contribution in [0.1, 0.15) is 47.2 Å². The Morgan fingerprint density at radius 2 is 1.78 bits per heavy atom. The summed E-state index contributed by atoms with van der Waals surface area (Å²) in [5.41, 5.74) is 2.42. The van der Waals surface area contributed by atoms with E-state index < -0.39 is 17.7 Å². The average Bonchev–Trinajstić information content (AvgIpc) is 3.40. The first-order chi connectivity index (χ1) is 17.3. The molecule has 6 nitrogen and oxygen atoms in total. The van der Waals surface area contributed by atoms with Gasteiger partial charge < -0.3 is 14.9 Å². The predicted octanol–water partition coefficient (Wildman–Crippen LogP) is 6.19. The fourth-order valence-corrected chi connectivity index (χ4v) is 5.84. The number of carbonyl (C=O) groups is 2. The van der Waals surface area contributed by atoms with E-state index in [9.17, 15) is 14.7 Å². The van der Waals surface area contributed by atoms with Crippen molar-refractivity contribution in [1.29, 1.82) is 0 Å². The first-order valence-electron chi connectivity index (χ1n) is 12.1. The molecule has 1 atom stereocenters. The molecule has 2 aromatic carbocycles. The second-order valence-corrected chi connectivity index (χ2v) is 10.6. The highest BCUT2D eigenvalue weighted by atomic mass is 79.9. The summed E-state index contributed by atoms with van der Waals surface area (Å²) in [5.74, 6) is -1.32. The largest absolute Gasteiger partial charge is 0.503 e. The zero-order valence-electron chi connectivity index (χ0n) is 20.7. The molecule has 0 spiro atoms. The predicted molar refractivity (Wildman–Crippen MR) is 147 cm³/mol. The third kappa shape index (κ3) is 5.31. The van der Waals surface area contributed by atoms with Crippen molar-refractivity contribution in [3.8, 4) is 10.6 Å². The monoisotopic (exact) mass is 567 g/mol. The lowest BCUT2D eigenvalue weighted by molar-refractivity contribution is -0.129. The van der Waals surface area contributed by atoms with Crippen molar-refractivity contribution >= 4 is 39.0 Å². The molecule has 188 valence electrons. The number of aromatic nitrogens is 1. The maximum atomic E-state index is 13.9. The number of Topliss-reactive ketones (excluding diaryl/α,β-unsaturated/α-hetero) is 1. The van der Waals surface area contributed by atoms with Crippen LogP contribution < -0.4 is 0 Å². The molecule has 1 aromatic heterocycles. The number of nitrogens with zero attached hydrogens (tertiary/aromatic N) is 3. The van der Waals surface area contributed by atoms with Gasteiger partial charge in [-0.1, -0.05) is 72.2 Å². The van der Waals surface area contributed by atoms with E-state index in [0.29, 0.717) is 17.1 Å². The van der Waals surface area contributed by atoms with Crippen LogP contribution in [0.25, 0.3) is 10.6 Å². The van der Waals surface area contributed by atoms with Crippen LogP contribution in [0.3, 0.4) is 0 Å². The summed E-state index contributed by atoms with van der Waals surface area (Å²) in [6.45, 7) is 9.16. The minimum absolute atomic E-state index is 0.122. The number of carbonyl (C=O) groups excluding carboxylic acids is 2. The highest BCUT2D eigenvalue weighted by Gasteiger charge is 2.44. The number of benzene rings is 2. The van der Waals surface area contributed by atoms with Gasteiger partial charge in [-0.15, -0.1) is 11.3 Å². The number of amides is 1. The summed E-state index contributed by atoms with van der Waals surface area (Å²) in [6, 6.07) is 16.6. The van der Waals surface area contributed by atoms with Crippen LogP contribution in [-0.4, -0.2) is 57.8 Å². The molecule has 1 aliphatic heterocycles. The zero-order chi connectivity index (χ0) is 25.8. The summed E-state index contributed by atoms with van der Waals surface area (Å²) in [7, 11) is 0. The van der Waals surface area contributed by atoms with Gasteiger partial charge in [0.05, 0.1) is 22.2 Å². The average molecular weight is 569 g/mol. The van der Waals surface area contributed by atoms with E-state index in [0.717, 1.165) is 46.7 Å². The van der Waals surface area contributed by atoms with Gasteiger partial charge in [-0.3, -0.25) is 9.59 Å². The van der Waals surface area contributed by atoms with Crippen LogP contribution in [0.15, 0.2) is 70.4 Å². The Morgan fingerprint density at radius 1 is 1.11 bits per heavy atom. The van der Waals surface area contributed by atoms with E-state index in [1.807, 2.05) is 54.6 Å². The van der Waals surface area contributed by atoms with Crippen molar-refractivity contribution < 1.29 is 14.7 Å². The molecule has 1 aliphatic rings. The molecule has 2 heterocycles.